The topological polar surface area (TPSA) is 56.1 Å². The van der Waals surface area contributed by atoms with Gasteiger partial charge in [0.15, 0.2) is 0 Å². The quantitative estimate of drug-likeness (QED) is 0.877. The van der Waals surface area contributed by atoms with Gasteiger partial charge in [-0.2, -0.15) is 5.10 Å². The van der Waals surface area contributed by atoms with E-state index in [0.717, 1.165) is 17.0 Å². The number of amides is 1. The maximum Gasteiger partial charge on any atom is 0.235 e. The molecule has 0 atom stereocenters. The standard InChI is InChI=1S/C15H18ClN3O2S/c1-10-6-14(19(2)18-10)17-15(20)9-22-8-11-7-12(21-3)4-5-13(11)16/h4-7H,8-9H2,1-3H3,(H,17,20). The van der Waals surface area contributed by atoms with Gasteiger partial charge in [-0.3, -0.25) is 9.48 Å². The molecule has 1 amide bonds. The second-order valence-corrected chi connectivity index (χ2v) is 6.19. The predicted molar refractivity (Wildman–Crippen MR) is 90.7 cm³/mol. The Kier molecular flexibility index (Phi) is 5.74. The van der Waals surface area contributed by atoms with Crippen molar-refractivity contribution in [1.29, 1.82) is 0 Å². The largest absolute Gasteiger partial charge is 0.497 e. The molecule has 2 rings (SSSR count). The fourth-order valence-electron chi connectivity index (χ4n) is 1.95. The number of anilines is 1. The molecule has 7 heteroatoms. The van der Waals surface area contributed by atoms with Gasteiger partial charge in [0.2, 0.25) is 5.91 Å². The molecule has 0 aliphatic rings. The number of nitrogens with zero attached hydrogens (tertiary/aromatic N) is 2. The van der Waals surface area contributed by atoms with Gasteiger partial charge in [-0.15, -0.1) is 11.8 Å². The van der Waals surface area contributed by atoms with Crippen LogP contribution in [0.25, 0.3) is 0 Å². The van der Waals surface area contributed by atoms with E-state index < -0.39 is 0 Å². The molecule has 0 spiro atoms. The Labute approximate surface area is 139 Å². The summed E-state index contributed by atoms with van der Waals surface area (Å²) < 4.78 is 6.82. The second-order valence-electron chi connectivity index (χ2n) is 4.79. The van der Waals surface area contributed by atoms with E-state index in [9.17, 15) is 4.79 Å². The number of carbonyl (C=O) groups excluding carboxylic acids is 1. The average Bonchev–Trinajstić information content (AvgIpc) is 2.78. The zero-order valence-electron chi connectivity index (χ0n) is 12.7. The highest BCUT2D eigenvalue weighted by Crippen LogP contribution is 2.25. The summed E-state index contributed by atoms with van der Waals surface area (Å²) in [5, 5.41) is 7.70. The van der Waals surface area contributed by atoms with E-state index in [1.165, 1.54) is 11.8 Å². The Balaban J connectivity index is 1.86. The third-order valence-electron chi connectivity index (χ3n) is 3.01. The van der Waals surface area contributed by atoms with Crippen LogP contribution in [0, 0.1) is 6.92 Å². The summed E-state index contributed by atoms with van der Waals surface area (Å²) in [6, 6.07) is 7.34. The normalized spacial score (nSPS) is 10.5. The minimum Gasteiger partial charge on any atom is -0.497 e. The molecule has 118 valence electrons. The number of aryl methyl sites for hydroxylation is 2. The molecule has 1 heterocycles. The van der Waals surface area contributed by atoms with Gasteiger partial charge in [0.1, 0.15) is 11.6 Å². The van der Waals surface area contributed by atoms with E-state index in [0.29, 0.717) is 22.3 Å². The molecule has 0 saturated heterocycles. The number of benzene rings is 1. The van der Waals surface area contributed by atoms with Gasteiger partial charge >= 0.3 is 0 Å². The first-order valence-corrected chi connectivity index (χ1v) is 8.23. The lowest BCUT2D eigenvalue weighted by atomic mass is 10.2. The van der Waals surface area contributed by atoms with Crippen molar-refractivity contribution in [2.45, 2.75) is 12.7 Å². The van der Waals surface area contributed by atoms with E-state index in [2.05, 4.69) is 10.4 Å². The molecule has 0 bridgehead atoms. The second kappa shape index (κ2) is 7.56. The Morgan fingerprint density at radius 2 is 2.23 bits per heavy atom. The molecule has 5 nitrogen and oxygen atoms in total. The van der Waals surface area contributed by atoms with Gasteiger partial charge in [0.25, 0.3) is 0 Å². The van der Waals surface area contributed by atoms with E-state index >= 15 is 0 Å². The van der Waals surface area contributed by atoms with Crippen molar-refractivity contribution >= 4 is 35.1 Å². The van der Waals surface area contributed by atoms with Gasteiger partial charge in [0, 0.05) is 23.9 Å². The zero-order chi connectivity index (χ0) is 16.1. The highest BCUT2D eigenvalue weighted by Gasteiger charge is 2.08. The van der Waals surface area contributed by atoms with Crippen LogP contribution in [0.1, 0.15) is 11.3 Å². The molecule has 22 heavy (non-hydrogen) atoms. The van der Waals surface area contributed by atoms with Crippen molar-refractivity contribution in [3.8, 4) is 5.75 Å². The van der Waals surface area contributed by atoms with Crippen LogP contribution >= 0.6 is 23.4 Å². The summed E-state index contributed by atoms with van der Waals surface area (Å²) in [4.78, 5) is 11.9. The summed E-state index contributed by atoms with van der Waals surface area (Å²) in [7, 11) is 3.41. The number of aromatic nitrogens is 2. The molecule has 2 aromatic rings. The number of carbonyl (C=O) groups is 1. The van der Waals surface area contributed by atoms with Gasteiger partial charge < -0.3 is 10.1 Å². The van der Waals surface area contributed by atoms with E-state index in [4.69, 9.17) is 16.3 Å². The molecule has 1 aromatic carbocycles. The zero-order valence-corrected chi connectivity index (χ0v) is 14.3. The van der Waals surface area contributed by atoms with Crippen LogP contribution in [0.3, 0.4) is 0 Å². The number of rotatable bonds is 6. The van der Waals surface area contributed by atoms with E-state index in [1.54, 1.807) is 24.9 Å². The minimum atomic E-state index is -0.0629. The van der Waals surface area contributed by atoms with Crippen molar-refractivity contribution < 1.29 is 9.53 Å². The predicted octanol–water partition coefficient (Wildman–Crippen LogP) is 3.26. The Morgan fingerprint density at radius 3 is 2.86 bits per heavy atom. The van der Waals surface area contributed by atoms with Gasteiger partial charge in [-0.05, 0) is 30.7 Å². The number of thioether (sulfide) groups is 1. The number of nitrogens with one attached hydrogen (secondary N) is 1. The molecular formula is C15H18ClN3O2S. The van der Waals surface area contributed by atoms with Crippen molar-refractivity contribution in [3.63, 3.8) is 0 Å². The first kappa shape index (κ1) is 16.7. The third kappa shape index (κ3) is 4.42. The Hall–Kier alpha value is -1.66. The van der Waals surface area contributed by atoms with Crippen LogP contribution in [0.2, 0.25) is 5.02 Å². The van der Waals surface area contributed by atoms with E-state index in [-0.39, 0.29) is 5.91 Å². The SMILES string of the molecule is COc1ccc(Cl)c(CSCC(=O)Nc2cc(C)nn2C)c1. The molecule has 0 aliphatic heterocycles. The fraction of sp³-hybridized carbons (Fsp3) is 0.333. The van der Waals surface area contributed by atoms with Crippen molar-refractivity contribution in [2.24, 2.45) is 7.05 Å². The molecule has 0 fully saturated rings. The number of halogens is 1. The van der Waals surface area contributed by atoms with Gasteiger partial charge in [-0.25, -0.2) is 0 Å². The molecular weight excluding hydrogens is 322 g/mol. The maximum atomic E-state index is 11.9. The minimum absolute atomic E-state index is 0.0629. The summed E-state index contributed by atoms with van der Waals surface area (Å²) in [5.74, 6) is 2.38. The number of hydrogen-bond donors (Lipinski definition) is 1. The lowest BCUT2D eigenvalue weighted by Crippen LogP contribution is -2.16. The average molecular weight is 340 g/mol. The number of ether oxygens (including phenoxy) is 1. The monoisotopic (exact) mass is 339 g/mol. The first-order chi connectivity index (χ1) is 10.5. The van der Waals surface area contributed by atoms with Gasteiger partial charge in [-0.1, -0.05) is 11.6 Å². The first-order valence-electron chi connectivity index (χ1n) is 6.70. The lowest BCUT2D eigenvalue weighted by molar-refractivity contribution is -0.113. The van der Waals surface area contributed by atoms with Crippen LogP contribution in [0.5, 0.6) is 5.75 Å². The summed E-state index contributed by atoms with van der Waals surface area (Å²) in [6.07, 6.45) is 0. The third-order valence-corrected chi connectivity index (χ3v) is 4.36. The van der Waals surface area contributed by atoms with Crippen molar-refractivity contribution in [1.82, 2.24) is 9.78 Å². The summed E-state index contributed by atoms with van der Waals surface area (Å²) in [5.41, 5.74) is 1.82. The molecule has 0 aliphatic carbocycles. The van der Waals surface area contributed by atoms with Crippen molar-refractivity contribution in [3.05, 3.63) is 40.5 Å². The molecule has 0 radical (unpaired) electrons. The molecule has 0 saturated carbocycles. The summed E-state index contributed by atoms with van der Waals surface area (Å²) >= 11 is 7.64. The van der Waals surface area contributed by atoms with Gasteiger partial charge in [0.05, 0.1) is 18.6 Å². The van der Waals surface area contributed by atoms with Crippen LogP contribution in [-0.4, -0.2) is 28.6 Å². The van der Waals surface area contributed by atoms with Crippen molar-refractivity contribution in [2.75, 3.05) is 18.2 Å². The lowest BCUT2D eigenvalue weighted by Gasteiger charge is -2.08. The highest BCUT2D eigenvalue weighted by molar-refractivity contribution is 7.99. The Bertz CT molecular complexity index is 673. The smallest absolute Gasteiger partial charge is 0.235 e. The molecule has 0 unspecified atom stereocenters. The fourth-order valence-corrected chi connectivity index (χ4v) is 3.03. The number of hydrogen-bond acceptors (Lipinski definition) is 4. The Morgan fingerprint density at radius 1 is 1.45 bits per heavy atom. The van der Waals surface area contributed by atoms with Crippen LogP contribution in [0.4, 0.5) is 5.82 Å². The van der Waals surface area contributed by atoms with Crippen LogP contribution in [-0.2, 0) is 17.6 Å². The van der Waals surface area contributed by atoms with Crippen LogP contribution in [0.15, 0.2) is 24.3 Å². The van der Waals surface area contributed by atoms with Crippen LogP contribution < -0.4 is 10.1 Å². The number of methoxy groups -OCH3 is 1. The molecule has 1 aromatic heterocycles. The summed E-state index contributed by atoms with van der Waals surface area (Å²) in [6.45, 7) is 1.88. The van der Waals surface area contributed by atoms with E-state index in [1.807, 2.05) is 25.1 Å². The molecule has 1 N–H and O–H groups in total. The maximum absolute atomic E-state index is 11.9. The highest BCUT2D eigenvalue weighted by atomic mass is 35.5.